The van der Waals surface area contributed by atoms with Crippen LogP contribution in [0.15, 0.2) is 90.0 Å². The first-order chi connectivity index (χ1) is 20.5. The molecule has 43 heavy (non-hydrogen) atoms. The number of aliphatic hydroxyl groups excluding tert-OH is 1. The van der Waals surface area contributed by atoms with E-state index in [0.717, 1.165) is 27.9 Å². The number of hydrogen-bond acceptors (Lipinski definition) is 6. The van der Waals surface area contributed by atoms with E-state index in [-0.39, 0.29) is 30.5 Å². The van der Waals surface area contributed by atoms with Crippen LogP contribution in [0.25, 0.3) is 11.3 Å². The van der Waals surface area contributed by atoms with Crippen LogP contribution in [0, 0.1) is 19.8 Å². The highest BCUT2D eigenvalue weighted by Crippen LogP contribution is 2.24. The summed E-state index contributed by atoms with van der Waals surface area (Å²) in [7, 11) is -3.96. The maximum absolute atomic E-state index is 13.8. The second kappa shape index (κ2) is 14.5. The van der Waals surface area contributed by atoms with E-state index in [1.165, 1.54) is 4.31 Å². The number of carbonyl (C=O) groups excluding carboxylic acids is 1. The second-order valence-corrected chi connectivity index (χ2v) is 13.1. The number of carbonyl (C=O) groups is 1. The minimum atomic E-state index is -3.96. The zero-order valence-corrected chi connectivity index (χ0v) is 25.8. The summed E-state index contributed by atoms with van der Waals surface area (Å²) in [6, 6.07) is 22.8. The van der Waals surface area contributed by atoms with Crippen LogP contribution in [-0.4, -0.2) is 65.8 Å². The number of amides is 1. The molecule has 1 heterocycles. The molecule has 3 N–H and O–H groups in total. The van der Waals surface area contributed by atoms with Crippen LogP contribution in [0.3, 0.4) is 0 Å². The van der Waals surface area contributed by atoms with E-state index >= 15 is 0 Å². The van der Waals surface area contributed by atoms with Crippen molar-refractivity contribution in [3.05, 3.63) is 102 Å². The SMILES string of the molecule is Cc1cccc(C)c1OCC(=O)N[C@@H](Cc1ccccc1)[C@@H](O)CN(CC(C)C)S(=O)(=O)c1ccc(-c2ccn[nH]2)cc1. The number of aromatic nitrogens is 2. The van der Waals surface area contributed by atoms with Crippen molar-refractivity contribution in [1.29, 1.82) is 0 Å². The minimum absolute atomic E-state index is 0.000780. The highest BCUT2D eigenvalue weighted by atomic mass is 32.2. The molecule has 0 aliphatic rings. The Kier molecular flexibility index (Phi) is 10.7. The fraction of sp³-hybridized carbons (Fsp3) is 0.333. The number of aliphatic hydroxyl groups is 1. The smallest absolute Gasteiger partial charge is 0.258 e. The standard InChI is InChI=1S/C33H40N4O5S/c1-23(2)20-37(43(40,41)28-15-13-27(14-16-28)29-17-18-34-36-29)21-31(38)30(19-26-11-6-5-7-12-26)35-32(39)22-42-33-24(3)9-8-10-25(33)4/h5-18,23,30-31,38H,19-22H2,1-4H3,(H,34,36)(H,35,39)/t30-,31-/m0/s1. The maximum atomic E-state index is 13.8. The second-order valence-electron chi connectivity index (χ2n) is 11.2. The first-order valence-corrected chi connectivity index (χ1v) is 15.8. The molecule has 0 unspecified atom stereocenters. The molecule has 1 aromatic heterocycles. The Bertz CT molecular complexity index is 1550. The molecule has 0 fully saturated rings. The summed E-state index contributed by atoms with van der Waals surface area (Å²) in [5, 5.41) is 21.2. The van der Waals surface area contributed by atoms with Crippen LogP contribution >= 0.6 is 0 Å². The number of nitrogens with one attached hydrogen (secondary N) is 2. The number of H-pyrrole nitrogens is 1. The highest BCUT2D eigenvalue weighted by molar-refractivity contribution is 7.89. The lowest BCUT2D eigenvalue weighted by Crippen LogP contribution is -2.52. The summed E-state index contributed by atoms with van der Waals surface area (Å²) < 4.78 is 34.8. The molecule has 1 amide bonds. The van der Waals surface area contributed by atoms with Crippen molar-refractivity contribution >= 4 is 15.9 Å². The van der Waals surface area contributed by atoms with Gasteiger partial charge in [-0.25, -0.2) is 8.42 Å². The average molecular weight is 605 g/mol. The zero-order valence-electron chi connectivity index (χ0n) is 25.0. The van der Waals surface area contributed by atoms with Crippen molar-refractivity contribution in [3.63, 3.8) is 0 Å². The van der Waals surface area contributed by atoms with Gasteiger partial charge in [0.2, 0.25) is 10.0 Å². The predicted octanol–water partition coefficient (Wildman–Crippen LogP) is 4.51. The largest absolute Gasteiger partial charge is 0.483 e. The maximum Gasteiger partial charge on any atom is 0.258 e. The third kappa shape index (κ3) is 8.53. The van der Waals surface area contributed by atoms with Gasteiger partial charge >= 0.3 is 0 Å². The molecule has 0 aliphatic heterocycles. The van der Waals surface area contributed by atoms with Gasteiger partial charge in [-0.05, 0) is 66.6 Å². The van der Waals surface area contributed by atoms with Gasteiger partial charge in [0.25, 0.3) is 5.91 Å². The Morgan fingerprint density at radius 3 is 2.23 bits per heavy atom. The number of rotatable bonds is 14. The topological polar surface area (TPSA) is 125 Å². The molecular formula is C33H40N4O5S. The van der Waals surface area contributed by atoms with Crippen LogP contribution < -0.4 is 10.1 Å². The van der Waals surface area contributed by atoms with E-state index in [2.05, 4.69) is 15.5 Å². The Morgan fingerprint density at radius 2 is 1.63 bits per heavy atom. The van der Waals surface area contributed by atoms with E-state index in [9.17, 15) is 18.3 Å². The number of ether oxygens (including phenoxy) is 1. The monoisotopic (exact) mass is 604 g/mol. The molecule has 0 aliphatic carbocycles. The number of aryl methyl sites for hydroxylation is 2. The van der Waals surface area contributed by atoms with E-state index in [4.69, 9.17) is 4.74 Å². The molecule has 3 aromatic carbocycles. The highest BCUT2D eigenvalue weighted by Gasteiger charge is 2.31. The van der Waals surface area contributed by atoms with Crippen LogP contribution in [0.2, 0.25) is 0 Å². The molecule has 0 saturated heterocycles. The van der Waals surface area contributed by atoms with Crippen LogP contribution in [0.1, 0.15) is 30.5 Å². The Labute approximate surface area is 254 Å². The third-order valence-electron chi connectivity index (χ3n) is 7.13. The molecule has 228 valence electrons. The summed E-state index contributed by atoms with van der Waals surface area (Å²) in [5.74, 6) is 0.236. The number of para-hydroxylation sites is 1. The van der Waals surface area contributed by atoms with Crippen LogP contribution in [0.4, 0.5) is 0 Å². The Balaban J connectivity index is 1.53. The summed E-state index contributed by atoms with van der Waals surface area (Å²) >= 11 is 0. The average Bonchev–Trinajstić information content (AvgIpc) is 3.52. The molecule has 4 rings (SSSR count). The molecule has 0 bridgehead atoms. The fourth-order valence-electron chi connectivity index (χ4n) is 4.95. The fourth-order valence-corrected chi connectivity index (χ4v) is 6.57. The number of hydrogen-bond donors (Lipinski definition) is 3. The first-order valence-electron chi connectivity index (χ1n) is 14.3. The number of aromatic amines is 1. The van der Waals surface area contributed by atoms with Gasteiger partial charge < -0.3 is 15.2 Å². The van der Waals surface area contributed by atoms with Gasteiger partial charge in [-0.1, -0.05) is 74.5 Å². The molecule has 2 atom stereocenters. The Morgan fingerprint density at radius 1 is 0.953 bits per heavy atom. The third-order valence-corrected chi connectivity index (χ3v) is 8.97. The molecule has 0 radical (unpaired) electrons. The first kappa shape index (κ1) is 31.9. The van der Waals surface area contributed by atoms with Gasteiger partial charge in [-0.2, -0.15) is 9.40 Å². The van der Waals surface area contributed by atoms with Crippen molar-refractivity contribution in [2.24, 2.45) is 5.92 Å². The summed E-state index contributed by atoms with van der Waals surface area (Å²) in [6.07, 6.45) is 0.750. The Hall–Kier alpha value is -3.99. The number of sulfonamides is 1. The van der Waals surface area contributed by atoms with Gasteiger partial charge in [0, 0.05) is 19.3 Å². The van der Waals surface area contributed by atoms with Crippen molar-refractivity contribution in [2.75, 3.05) is 19.7 Å². The predicted molar refractivity (Wildman–Crippen MR) is 167 cm³/mol. The van der Waals surface area contributed by atoms with Gasteiger partial charge in [0.1, 0.15) is 5.75 Å². The van der Waals surface area contributed by atoms with Gasteiger partial charge in [0.15, 0.2) is 6.61 Å². The van der Waals surface area contributed by atoms with Crippen molar-refractivity contribution in [2.45, 2.75) is 51.2 Å². The number of nitrogens with zero attached hydrogens (tertiary/aromatic N) is 2. The lowest BCUT2D eigenvalue weighted by molar-refractivity contribution is -0.124. The van der Waals surface area contributed by atoms with Gasteiger partial charge in [0.05, 0.1) is 22.7 Å². The van der Waals surface area contributed by atoms with E-state index < -0.39 is 28.1 Å². The molecule has 0 saturated carbocycles. The lowest BCUT2D eigenvalue weighted by Gasteiger charge is -2.31. The van der Waals surface area contributed by atoms with Crippen molar-refractivity contribution in [3.8, 4) is 17.0 Å². The minimum Gasteiger partial charge on any atom is -0.483 e. The number of benzene rings is 3. The summed E-state index contributed by atoms with van der Waals surface area (Å²) in [6.45, 7) is 7.43. The van der Waals surface area contributed by atoms with Gasteiger partial charge in [-0.15, -0.1) is 0 Å². The molecule has 10 heteroatoms. The van der Waals surface area contributed by atoms with E-state index in [1.54, 1.807) is 36.5 Å². The molecule has 4 aromatic rings. The molecular weight excluding hydrogens is 564 g/mol. The normalized spacial score (nSPS) is 13.2. The van der Waals surface area contributed by atoms with Crippen molar-refractivity contribution in [1.82, 2.24) is 19.8 Å². The van der Waals surface area contributed by atoms with Crippen LogP contribution in [-0.2, 0) is 21.2 Å². The quantitative estimate of drug-likeness (QED) is 0.195. The molecule has 9 nitrogen and oxygen atoms in total. The lowest BCUT2D eigenvalue weighted by atomic mass is 10.0. The van der Waals surface area contributed by atoms with E-state index in [0.29, 0.717) is 12.2 Å². The summed E-state index contributed by atoms with van der Waals surface area (Å²) in [5.41, 5.74) is 4.32. The zero-order chi connectivity index (χ0) is 31.0. The van der Waals surface area contributed by atoms with Gasteiger partial charge in [-0.3, -0.25) is 9.89 Å². The summed E-state index contributed by atoms with van der Waals surface area (Å²) in [4.78, 5) is 13.2. The van der Waals surface area contributed by atoms with Crippen LogP contribution in [0.5, 0.6) is 5.75 Å². The van der Waals surface area contributed by atoms with E-state index in [1.807, 2.05) is 76.2 Å². The molecule has 0 spiro atoms. The van der Waals surface area contributed by atoms with Crippen molar-refractivity contribution < 1.29 is 23.1 Å².